The zero-order valence-corrected chi connectivity index (χ0v) is 22.0. The van der Waals surface area contributed by atoms with Crippen LogP contribution in [0.3, 0.4) is 0 Å². The minimum atomic E-state index is -0.903. The van der Waals surface area contributed by atoms with Crippen molar-refractivity contribution in [3.63, 3.8) is 0 Å². The highest BCUT2D eigenvalue weighted by Crippen LogP contribution is 2.48. The van der Waals surface area contributed by atoms with Crippen LogP contribution in [-0.2, 0) is 16.8 Å². The molecule has 202 valence electrons. The van der Waals surface area contributed by atoms with Crippen LogP contribution >= 0.6 is 0 Å². The maximum Gasteiger partial charge on any atom is 0.176 e. The standard InChI is InChI=1S/C30H32F2N6O/c1-22(30(21-39-30)26-13-12-25(31)20-27(26)32)38-34-28(33-35-38)14-15-36-16-18-37(19-17-36)29(23-8-4-2-5-9-23)24-10-6-3-7-11-24/h2-13,20,22,29H,14-19,21H2,1H3. The van der Waals surface area contributed by atoms with E-state index in [1.165, 1.54) is 28.1 Å². The lowest BCUT2D eigenvalue weighted by atomic mass is 9.93. The largest absolute Gasteiger partial charge is 0.362 e. The van der Waals surface area contributed by atoms with E-state index in [0.717, 1.165) is 38.8 Å². The first-order valence-electron chi connectivity index (χ1n) is 13.5. The van der Waals surface area contributed by atoms with E-state index in [2.05, 4.69) is 85.9 Å². The lowest BCUT2D eigenvalue weighted by molar-refractivity contribution is 0.110. The highest BCUT2D eigenvalue weighted by Gasteiger charge is 2.54. The van der Waals surface area contributed by atoms with Crippen LogP contribution in [0.4, 0.5) is 8.78 Å². The van der Waals surface area contributed by atoms with E-state index >= 15 is 0 Å². The van der Waals surface area contributed by atoms with Crippen LogP contribution in [0.2, 0.25) is 0 Å². The molecule has 39 heavy (non-hydrogen) atoms. The molecule has 9 heteroatoms. The molecule has 2 aliphatic heterocycles. The van der Waals surface area contributed by atoms with Gasteiger partial charge in [0.15, 0.2) is 5.82 Å². The molecule has 4 aromatic rings. The van der Waals surface area contributed by atoms with Gasteiger partial charge < -0.3 is 9.64 Å². The third-order valence-electron chi connectivity index (χ3n) is 7.99. The zero-order chi connectivity index (χ0) is 26.8. The zero-order valence-electron chi connectivity index (χ0n) is 22.0. The monoisotopic (exact) mass is 530 g/mol. The van der Waals surface area contributed by atoms with Crippen LogP contribution in [0.5, 0.6) is 0 Å². The van der Waals surface area contributed by atoms with Gasteiger partial charge in [0.1, 0.15) is 23.3 Å². The molecule has 2 aliphatic rings. The van der Waals surface area contributed by atoms with Gasteiger partial charge in [0, 0.05) is 50.8 Å². The summed E-state index contributed by atoms with van der Waals surface area (Å²) < 4.78 is 33.6. The first-order valence-corrected chi connectivity index (χ1v) is 13.5. The van der Waals surface area contributed by atoms with Gasteiger partial charge in [-0.3, -0.25) is 4.90 Å². The van der Waals surface area contributed by atoms with Gasteiger partial charge in [-0.2, -0.15) is 4.80 Å². The maximum absolute atomic E-state index is 14.5. The van der Waals surface area contributed by atoms with Gasteiger partial charge in [-0.1, -0.05) is 66.7 Å². The Labute approximate surface area is 227 Å². The summed E-state index contributed by atoms with van der Waals surface area (Å²) in [4.78, 5) is 6.49. The Morgan fingerprint density at radius 1 is 0.897 bits per heavy atom. The van der Waals surface area contributed by atoms with Crippen molar-refractivity contribution in [2.45, 2.75) is 31.0 Å². The average Bonchev–Trinajstić information content (AvgIpc) is 3.63. The molecule has 3 aromatic carbocycles. The molecule has 2 atom stereocenters. The highest BCUT2D eigenvalue weighted by molar-refractivity contribution is 5.32. The predicted molar refractivity (Wildman–Crippen MR) is 143 cm³/mol. The number of ether oxygens (including phenoxy) is 1. The van der Waals surface area contributed by atoms with Crippen LogP contribution in [0.25, 0.3) is 0 Å². The number of hydrogen-bond donors (Lipinski definition) is 0. The average molecular weight is 531 g/mol. The number of epoxide rings is 1. The molecular weight excluding hydrogens is 498 g/mol. The van der Waals surface area contributed by atoms with E-state index in [4.69, 9.17) is 4.74 Å². The van der Waals surface area contributed by atoms with E-state index in [1.807, 2.05) is 6.92 Å². The molecule has 2 saturated heterocycles. The molecule has 6 rings (SSSR count). The van der Waals surface area contributed by atoms with Crippen LogP contribution in [0, 0.1) is 11.6 Å². The molecule has 0 spiro atoms. The Balaban J connectivity index is 1.06. The Hall–Kier alpha value is -3.53. The van der Waals surface area contributed by atoms with E-state index in [-0.39, 0.29) is 12.1 Å². The van der Waals surface area contributed by atoms with Crippen molar-refractivity contribution in [2.24, 2.45) is 0 Å². The number of nitrogens with zero attached hydrogens (tertiary/aromatic N) is 6. The third kappa shape index (κ3) is 5.34. The summed E-state index contributed by atoms with van der Waals surface area (Å²) in [7, 11) is 0. The topological polar surface area (TPSA) is 62.6 Å². The normalized spacial score (nSPS) is 20.8. The minimum Gasteiger partial charge on any atom is -0.362 e. The summed E-state index contributed by atoms with van der Waals surface area (Å²) in [5.41, 5.74) is 2.03. The molecule has 2 fully saturated rings. The summed E-state index contributed by atoms with van der Waals surface area (Å²) in [5.74, 6) is -0.593. The first-order chi connectivity index (χ1) is 19.0. The van der Waals surface area contributed by atoms with E-state index in [1.54, 1.807) is 0 Å². The molecule has 0 saturated carbocycles. The number of aromatic nitrogens is 4. The molecule has 3 heterocycles. The molecular formula is C30H32F2N6O. The number of benzene rings is 3. The van der Waals surface area contributed by atoms with Gasteiger partial charge in [-0.15, -0.1) is 10.2 Å². The summed E-state index contributed by atoms with van der Waals surface area (Å²) >= 11 is 0. The van der Waals surface area contributed by atoms with Crippen molar-refractivity contribution in [3.8, 4) is 0 Å². The molecule has 0 N–H and O–H groups in total. The van der Waals surface area contributed by atoms with Gasteiger partial charge in [0.25, 0.3) is 0 Å². The summed E-state index contributed by atoms with van der Waals surface area (Å²) in [6.45, 7) is 6.89. The van der Waals surface area contributed by atoms with Gasteiger partial charge in [-0.05, 0) is 29.3 Å². The fourth-order valence-electron chi connectivity index (χ4n) is 5.63. The summed E-state index contributed by atoms with van der Waals surface area (Å²) in [6, 6.07) is 24.8. The lowest BCUT2D eigenvalue weighted by Crippen LogP contribution is -2.48. The van der Waals surface area contributed by atoms with Crippen LogP contribution < -0.4 is 0 Å². The molecule has 0 amide bonds. The third-order valence-corrected chi connectivity index (χ3v) is 7.99. The summed E-state index contributed by atoms with van der Waals surface area (Å²) in [6.07, 6.45) is 0.673. The fourth-order valence-corrected chi connectivity index (χ4v) is 5.63. The van der Waals surface area contributed by atoms with Gasteiger partial charge >= 0.3 is 0 Å². The number of piperazine rings is 1. The van der Waals surface area contributed by atoms with Crippen LogP contribution in [0.1, 0.15) is 41.5 Å². The molecule has 2 unspecified atom stereocenters. The van der Waals surface area contributed by atoms with E-state index in [9.17, 15) is 8.78 Å². The Morgan fingerprint density at radius 3 is 2.13 bits per heavy atom. The van der Waals surface area contributed by atoms with Crippen LogP contribution in [0.15, 0.2) is 78.9 Å². The Morgan fingerprint density at radius 2 is 1.54 bits per heavy atom. The SMILES string of the molecule is CC(n1nnc(CCN2CCN(C(c3ccccc3)c3ccccc3)CC2)n1)C1(c2ccc(F)cc2F)CO1. The van der Waals surface area contributed by atoms with Crippen molar-refractivity contribution in [3.05, 3.63) is 113 Å². The van der Waals surface area contributed by atoms with Crippen LogP contribution in [-0.4, -0.2) is 69.3 Å². The maximum atomic E-state index is 14.5. The Kier molecular flexibility index (Phi) is 7.20. The molecule has 0 radical (unpaired) electrons. The van der Waals surface area contributed by atoms with E-state index in [0.29, 0.717) is 24.4 Å². The quantitative estimate of drug-likeness (QED) is 0.299. The summed E-state index contributed by atoms with van der Waals surface area (Å²) in [5, 5.41) is 13.1. The van der Waals surface area contributed by atoms with E-state index < -0.39 is 17.2 Å². The lowest BCUT2D eigenvalue weighted by Gasteiger charge is -2.39. The number of tetrazole rings is 1. The van der Waals surface area contributed by atoms with Crippen molar-refractivity contribution in [1.29, 1.82) is 0 Å². The van der Waals surface area contributed by atoms with Gasteiger partial charge in [0.05, 0.1) is 12.6 Å². The molecule has 7 nitrogen and oxygen atoms in total. The Bertz CT molecular complexity index is 1350. The van der Waals surface area contributed by atoms with Crippen molar-refractivity contribution < 1.29 is 13.5 Å². The minimum absolute atomic E-state index is 0.237. The van der Waals surface area contributed by atoms with Gasteiger partial charge in [0.2, 0.25) is 0 Å². The second kappa shape index (κ2) is 10.9. The molecule has 0 aliphatic carbocycles. The fraction of sp³-hybridized carbons (Fsp3) is 0.367. The molecule has 0 bridgehead atoms. The first kappa shape index (κ1) is 25.7. The smallest absolute Gasteiger partial charge is 0.176 e. The molecule has 1 aromatic heterocycles. The van der Waals surface area contributed by atoms with Crippen molar-refractivity contribution in [1.82, 2.24) is 30.0 Å². The number of rotatable bonds is 9. The van der Waals surface area contributed by atoms with Gasteiger partial charge in [-0.25, -0.2) is 8.78 Å². The second-order valence-corrected chi connectivity index (χ2v) is 10.4. The highest BCUT2D eigenvalue weighted by atomic mass is 19.1. The number of halogens is 2. The van der Waals surface area contributed by atoms with Crippen molar-refractivity contribution in [2.75, 3.05) is 39.3 Å². The van der Waals surface area contributed by atoms with Crippen molar-refractivity contribution >= 4 is 0 Å². The number of hydrogen-bond acceptors (Lipinski definition) is 6. The second-order valence-electron chi connectivity index (χ2n) is 10.4. The predicted octanol–water partition coefficient (Wildman–Crippen LogP) is 4.39.